The SMILES string of the molecule is Cc1cccc(C2C(C(=O)c3ccccc3)=CN([C@@H](C)CO)C=C2C(=O)c2ccccc2)c1C. The van der Waals surface area contributed by atoms with Crippen LogP contribution in [-0.4, -0.2) is 34.2 Å². The first-order valence-corrected chi connectivity index (χ1v) is 11.5. The average molecular weight is 452 g/mol. The lowest BCUT2D eigenvalue weighted by Crippen LogP contribution is -2.34. The predicted octanol–water partition coefficient (Wildman–Crippen LogP) is 5.62. The van der Waals surface area contributed by atoms with Crippen molar-refractivity contribution in [2.24, 2.45) is 0 Å². The van der Waals surface area contributed by atoms with E-state index in [0.29, 0.717) is 22.3 Å². The first-order valence-electron chi connectivity index (χ1n) is 11.5. The van der Waals surface area contributed by atoms with Gasteiger partial charge in [0.2, 0.25) is 0 Å². The van der Waals surface area contributed by atoms with E-state index >= 15 is 0 Å². The second kappa shape index (κ2) is 10.0. The molecule has 3 aromatic carbocycles. The maximum absolute atomic E-state index is 13.8. The van der Waals surface area contributed by atoms with Gasteiger partial charge < -0.3 is 10.0 Å². The highest BCUT2D eigenvalue weighted by Gasteiger charge is 2.36. The van der Waals surface area contributed by atoms with Crippen LogP contribution in [0.3, 0.4) is 0 Å². The molecule has 1 heterocycles. The minimum atomic E-state index is -0.526. The van der Waals surface area contributed by atoms with Gasteiger partial charge in [0.15, 0.2) is 11.6 Å². The Labute approximate surface area is 200 Å². The van der Waals surface area contributed by atoms with Gasteiger partial charge in [0.1, 0.15) is 0 Å². The van der Waals surface area contributed by atoms with Crippen LogP contribution in [0.1, 0.15) is 50.2 Å². The van der Waals surface area contributed by atoms with Crippen molar-refractivity contribution in [2.75, 3.05) is 6.61 Å². The standard InChI is InChI=1S/C30H29NO3/c1-20-11-10-16-25(22(20)3)28-26(29(33)23-12-6-4-7-13-23)17-31(21(2)19-32)18-27(28)30(34)24-14-8-5-9-15-24/h4-18,21,28,32H,19H2,1-3H3/t21-/m0/s1. The third-order valence-corrected chi connectivity index (χ3v) is 6.53. The molecule has 0 saturated heterocycles. The van der Waals surface area contributed by atoms with Crippen LogP contribution in [0.25, 0.3) is 0 Å². The van der Waals surface area contributed by atoms with E-state index in [1.807, 2.05) is 75.4 Å². The van der Waals surface area contributed by atoms with Crippen LogP contribution in [0.5, 0.6) is 0 Å². The number of nitrogens with zero attached hydrogens (tertiary/aromatic N) is 1. The predicted molar refractivity (Wildman–Crippen MR) is 135 cm³/mol. The number of hydrogen-bond acceptors (Lipinski definition) is 4. The van der Waals surface area contributed by atoms with Crippen molar-refractivity contribution in [3.8, 4) is 0 Å². The van der Waals surface area contributed by atoms with Crippen molar-refractivity contribution >= 4 is 11.6 Å². The van der Waals surface area contributed by atoms with Gasteiger partial charge in [0, 0.05) is 40.6 Å². The summed E-state index contributed by atoms with van der Waals surface area (Å²) >= 11 is 0. The van der Waals surface area contributed by atoms with E-state index in [9.17, 15) is 14.7 Å². The summed E-state index contributed by atoms with van der Waals surface area (Å²) in [5.41, 5.74) is 5.24. The van der Waals surface area contributed by atoms with Crippen LogP contribution in [-0.2, 0) is 0 Å². The molecule has 0 radical (unpaired) electrons. The third kappa shape index (κ3) is 4.50. The molecule has 1 atom stereocenters. The van der Waals surface area contributed by atoms with Crippen LogP contribution in [0.15, 0.2) is 102 Å². The summed E-state index contributed by atoms with van der Waals surface area (Å²) in [5, 5.41) is 9.86. The van der Waals surface area contributed by atoms with E-state index in [0.717, 1.165) is 16.7 Å². The zero-order valence-corrected chi connectivity index (χ0v) is 19.7. The molecular weight excluding hydrogens is 422 g/mol. The molecule has 1 aliphatic rings. The van der Waals surface area contributed by atoms with Gasteiger partial charge in [-0.1, -0.05) is 78.9 Å². The minimum Gasteiger partial charge on any atom is -0.394 e. The van der Waals surface area contributed by atoms with Gasteiger partial charge in [-0.05, 0) is 37.5 Å². The second-order valence-corrected chi connectivity index (χ2v) is 8.76. The molecular formula is C30H29NO3. The monoisotopic (exact) mass is 451 g/mol. The molecule has 1 N–H and O–H groups in total. The molecule has 0 spiro atoms. The molecule has 34 heavy (non-hydrogen) atoms. The van der Waals surface area contributed by atoms with Crippen LogP contribution in [0.2, 0.25) is 0 Å². The maximum Gasteiger partial charge on any atom is 0.191 e. The van der Waals surface area contributed by atoms with E-state index in [-0.39, 0.29) is 24.2 Å². The van der Waals surface area contributed by atoms with E-state index < -0.39 is 5.92 Å². The first kappa shape index (κ1) is 23.4. The molecule has 0 aliphatic carbocycles. The van der Waals surface area contributed by atoms with Gasteiger partial charge in [-0.2, -0.15) is 0 Å². The Morgan fingerprint density at radius 3 is 1.76 bits per heavy atom. The summed E-state index contributed by atoms with van der Waals surface area (Å²) in [6.07, 6.45) is 3.59. The Balaban J connectivity index is 1.94. The fourth-order valence-electron chi connectivity index (χ4n) is 4.34. The lowest BCUT2D eigenvalue weighted by molar-refractivity contribution is 0.101. The largest absolute Gasteiger partial charge is 0.394 e. The number of aliphatic hydroxyl groups is 1. The molecule has 0 bridgehead atoms. The van der Waals surface area contributed by atoms with E-state index in [1.54, 1.807) is 41.6 Å². The van der Waals surface area contributed by atoms with Gasteiger partial charge in [0.25, 0.3) is 0 Å². The van der Waals surface area contributed by atoms with Crippen LogP contribution in [0.4, 0.5) is 0 Å². The van der Waals surface area contributed by atoms with Crippen molar-refractivity contribution in [3.05, 3.63) is 130 Å². The van der Waals surface area contributed by atoms with Crippen molar-refractivity contribution in [2.45, 2.75) is 32.7 Å². The van der Waals surface area contributed by atoms with E-state index in [2.05, 4.69) is 0 Å². The number of carbonyl (C=O) groups is 2. The molecule has 3 aromatic rings. The zero-order valence-electron chi connectivity index (χ0n) is 19.7. The number of allylic oxidation sites excluding steroid dienone is 2. The van der Waals surface area contributed by atoms with Crippen molar-refractivity contribution < 1.29 is 14.7 Å². The number of rotatable bonds is 7. The number of hydrogen-bond donors (Lipinski definition) is 1. The second-order valence-electron chi connectivity index (χ2n) is 8.76. The summed E-state index contributed by atoms with van der Waals surface area (Å²) < 4.78 is 0. The van der Waals surface area contributed by atoms with E-state index in [1.165, 1.54) is 0 Å². The molecule has 172 valence electrons. The molecule has 4 rings (SSSR count). The molecule has 0 saturated carbocycles. The number of Topliss-reactive ketones (excluding diaryl/α,β-unsaturated/α-hetero) is 2. The molecule has 0 aromatic heterocycles. The Morgan fingerprint density at radius 1 is 0.794 bits per heavy atom. The van der Waals surface area contributed by atoms with Crippen molar-refractivity contribution in [1.29, 1.82) is 0 Å². The Kier molecular flexibility index (Phi) is 6.90. The van der Waals surface area contributed by atoms with Gasteiger partial charge >= 0.3 is 0 Å². The normalized spacial score (nSPS) is 14.9. The summed E-state index contributed by atoms with van der Waals surface area (Å²) in [7, 11) is 0. The smallest absolute Gasteiger partial charge is 0.191 e. The summed E-state index contributed by atoms with van der Waals surface area (Å²) in [6.45, 7) is 5.82. The fraction of sp³-hybridized carbons (Fsp3) is 0.200. The van der Waals surface area contributed by atoms with Crippen LogP contribution in [0, 0.1) is 13.8 Å². The molecule has 0 unspecified atom stereocenters. The Morgan fingerprint density at radius 2 is 1.29 bits per heavy atom. The highest BCUT2D eigenvalue weighted by molar-refractivity contribution is 6.15. The van der Waals surface area contributed by atoms with Crippen molar-refractivity contribution in [1.82, 2.24) is 4.90 Å². The summed E-state index contributed by atoms with van der Waals surface area (Å²) in [4.78, 5) is 29.5. The minimum absolute atomic E-state index is 0.110. The first-order chi connectivity index (χ1) is 16.4. The zero-order chi connectivity index (χ0) is 24.2. The molecule has 0 fully saturated rings. The molecule has 4 nitrogen and oxygen atoms in total. The lowest BCUT2D eigenvalue weighted by atomic mass is 9.76. The molecule has 0 amide bonds. The van der Waals surface area contributed by atoms with Gasteiger partial charge in [0.05, 0.1) is 12.6 Å². The molecule has 1 aliphatic heterocycles. The van der Waals surface area contributed by atoms with Crippen LogP contribution < -0.4 is 0 Å². The summed E-state index contributed by atoms with van der Waals surface area (Å²) in [5.74, 6) is -0.788. The number of benzene rings is 3. The van der Waals surface area contributed by atoms with Gasteiger partial charge in [-0.25, -0.2) is 0 Å². The quantitative estimate of drug-likeness (QED) is 0.474. The average Bonchev–Trinajstić information content (AvgIpc) is 2.89. The summed E-state index contributed by atoms with van der Waals surface area (Å²) in [6, 6.07) is 24.0. The Bertz CT molecular complexity index is 1190. The third-order valence-electron chi connectivity index (χ3n) is 6.53. The fourth-order valence-corrected chi connectivity index (χ4v) is 4.34. The van der Waals surface area contributed by atoms with E-state index in [4.69, 9.17) is 0 Å². The topological polar surface area (TPSA) is 57.6 Å². The number of aryl methyl sites for hydroxylation is 1. The maximum atomic E-state index is 13.8. The van der Waals surface area contributed by atoms with Crippen molar-refractivity contribution in [3.63, 3.8) is 0 Å². The van der Waals surface area contributed by atoms with Crippen LogP contribution >= 0.6 is 0 Å². The number of aliphatic hydroxyl groups excluding tert-OH is 1. The highest BCUT2D eigenvalue weighted by atomic mass is 16.3. The Hall–Kier alpha value is -3.76. The molecule has 4 heteroatoms. The van der Waals surface area contributed by atoms with Gasteiger partial charge in [-0.15, -0.1) is 0 Å². The van der Waals surface area contributed by atoms with Gasteiger partial charge in [-0.3, -0.25) is 9.59 Å². The number of carbonyl (C=O) groups excluding carboxylic acids is 2. The lowest BCUT2D eigenvalue weighted by Gasteiger charge is -2.34. The highest BCUT2D eigenvalue weighted by Crippen LogP contribution is 2.41. The number of ketones is 2.